The molecule has 4 rings (SSSR count). The van der Waals surface area contributed by atoms with E-state index in [1.165, 1.54) is 4.90 Å². The van der Waals surface area contributed by atoms with Gasteiger partial charge < -0.3 is 4.90 Å². The summed E-state index contributed by atoms with van der Waals surface area (Å²) in [7, 11) is 3.40. The van der Waals surface area contributed by atoms with Crippen LogP contribution in [0.5, 0.6) is 0 Å². The van der Waals surface area contributed by atoms with Gasteiger partial charge in [0.05, 0.1) is 5.92 Å². The van der Waals surface area contributed by atoms with E-state index >= 15 is 0 Å². The number of Topliss-reactive ketones (excluding diaryl/α,β-unsaturated/α-hetero) is 1. The Labute approximate surface area is 182 Å². The van der Waals surface area contributed by atoms with E-state index in [9.17, 15) is 9.59 Å². The van der Waals surface area contributed by atoms with Crippen LogP contribution < -0.4 is 0 Å². The Morgan fingerprint density at radius 1 is 1.13 bits per heavy atom. The average molecular weight is 415 g/mol. The topological polar surface area (TPSA) is 75.5 Å². The number of allylic oxidation sites excluding steroid dienone is 3. The first kappa shape index (κ1) is 20.8. The van der Waals surface area contributed by atoms with Crippen LogP contribution in [0.1, 0.15) is 43.1 Å². The van der Waals surface area contributed by atoms with Gasteiger partial charge in [0.2, 0.25) is 0 Å². The summed E-state index contributed by atoms with van der Waals surface area (Å²) in [6.07, 6.45) is 9.43. The van der Waals surface area contributed by atoms with Gasteiger partial charge >= 0.3 is 0 Å². The predicted octanol–water partition coefficient (Wildman–Crippen LogP) is 3.77. The smallest absolute Gasteiger partial charge is 0.271 e. The van der Waals surface area contributed by atoms with Crippen LogP contribution in [0.2, 0.25) is 0 Å². The Bertz CT molecular complexity index is 1150. The lowest BCUT2D eigenvalue weighted by Gasteiger charge is -2.18. The highest BCUT2D eigenvalue weighted by Crippen LogP contribution is 2.48. The predicted molar refractivity (Wildman–Crippen MR) is 121 cm³/mol. The molecule has 158 valence electrons. The summed E-state index contributed by atoms with van der Waals surface area (Å²) >= 11 is 0. The first-order valence-corrected chi connectivity index (χ1v) is 10.3. The Balaban J connectivity index is 1.75. The molecule has 2 aromatic rings. The third-order valence-electron chi connectivity index (χ3n) is 6.06. The number of hydrogen-bond acceptors (Lipinski definition) is 5. The fourth-order valence-electron chi connectivity index (χ4n) is 4.23. The summed E-state index contributed by atoms with van der Waals surface area (Å²) in [4.78, 5) is 40.2. The molecule has 0 bridgehead atoms. The van der Waals surface area contributed by atoms with Crippen molar-refractivity contribution in [2.24, 2.45) is 4.99 Å². The molecule has 6 nitrogen and oxygen atoms in total. The molecule has 1 aromatic heterocycles. The number of amides is 1. The van der Waals surface area contributed by atoms with Gasteiger partial charge in [-0.2, -0.15) is 0 Å². The monoisotopic (exact) mass is 414 g/mol. The molecule has 0 saturated carbocycles. The summed E-state index contributed by atoms with van der Waals surface area (Å²) in [6, 6.07) is 6.16. The van der Waals surface area contributed by atoms with E-state index in [2.05, 4.69) is 21.0 Å². The van der Waals surface area contributed by atoms with Crippen molar-refractivity contribution < 1.29 is 9.59 Å². The molecule has 1 unspecified atom stereocenters. The minimum absolute atomic E-state index is 0.147. The number of aryl methyl sites for hydroxylation is 1. The largest absolute Gasteiger partial charge is 0.343 e. The van der Waals surface area contributed by atoms with Gasteiger partial charge in [-0.15, -0.1) is 0 Å². The Morgan fingerprint density at radius 2 is 1.84 bits per heavy atom. The minimum Gasteiger partial charge on any atom is -0.343 e. The van der Waals surface area contributed by atoms with Crippen LogP contribution in [-0.4, -0.2) is 46.9 Å². The summed E-state index contributed by atoms with van der Waals surface area (Å²) in [5.41, 5.74) is 4.69. The van der Waals surface area contributed by atoms with Crippen molar-refractivity contribution >= 4 is 17.9 Å². The second kappa shape index (κ2) is 7.69. The highest BCUT2D eigenvalue weighted by molar-refractivity contribution is 6.03. The molecule has 0 radical (unpaired) electrons. The fraction of sp³-hybridized carbons (Fsp3) is 0.320. The van der Waals surface area contributed by atoms with Gasteiger partial charge in [0.15, 0.2) is 5.78 Å². The Morgan fingerprint density at radius 3 is 2.52 bits per heavy atom. The number of likely N-dealkylation sites (N-methyl/N-ethyl adjacent to an activating group) is 1. The van der Waals surface area contributed by atoms with Gasteiger partial charge in [-0.05, 0) is 67.7 Å². The van der Waals surface area contributed by atoms with E-state index in [-0.39, 0.29) is 17.6 Å². The van der Waals surface area contributed by atoms with Crippen LogP contribution >= 0.6 is 0 Å². The molecule has 0 fully saturated rings. The number of carbonyl (C=O) groups is 2. The standard InChI is InChI=1S/C25H26N4O2/c1-15-27-13-18(14-28-15)17-6-8-20-19(12-17)22(23(30)25(20,2)3)16-7-9-21(26-11-10-16)24(31)29(4)5/h6,8-14,22H,7H2,1-5H3. The van der Waals surface area contributed by atoms with Crippen LogP contribution in [0, 0.1) is 6.92 Å². The zero-order chi connectivity index (χ0) is 22.3. The Kier molecular flexibility index (Phi) is 5.17. The van der Waals surface area contributed by atoms with Crippen LogP contribution in [0.4, 0.5) is 0 Å². The molecule has 0 saturated heterocycles. The molecule has 1 aliphatic heterocycles. The number of aliphatic imine (C=N–C) groups is 1. The van der Waals surface area contributed by atoms with Crippen LogP contribution in [-0.2, 0) is 15.0 Å². The van der Waals surface area contributed by atoms with E-state index in [0.717, 1.165) is 33.7 Å². The van der Waals surface area contributed by atoms with E-state index < -0.39 is 5.41 Å². The van der Waals surface area contributed by atoms with Gasteiger partial charge in [0.1, 0.15) is 11.5 Å². The summed E-state index contributed by atoms with van der Waals surface area (Å²) in [6.45, 7) is 5.81. The lowest BCUT2D eigenvalue weighted by atomic mass is 9.83. The molecule has 0 spiro atoms. The van der Waals surface area contributed by atoms with Crippen LogP contribution in [0.25, 0.3) is 11.1 Å². The van der Waals surface area contributed by atoms with Crippen molar-refractivity contribution in [3.63, 3.8) is 0 Å². The molecule has 1 amide bonds. The molecule has 1 atom stereocenters. The van der Waals surface area contributed by atoms with Crippen molar-refractivity contribution in [1.29, 1.82) is 0 Å². The quantitative estimate of drug-likeness (QED) is 0.766. The number of benzene rings is 1. The molecular weight excluding hydrogens is 388 g/mol. The van der Waals surface area contributed by atoms with Crippen molar-refractivity contribution in [2.75, 3.05) is 14.1 Å². The number of fused-ring (bicyclic) bond motifs is 1. The third-order valence-corrected chi connectivity index (χ3v) is 6.06. The fourth-order valence-corrected chi connectivity index (χ4v) is 4.23. The number of hydrogen-bond donors (Lipinski definition) is 0. The highest BCUT2D eigenvalue weighted by Gasteiger charge is 2.46. The number of rotatable bonds is 3. The third kappa shape index (κ3) is 3.63. The van der Waals surface area contributed by atoms with E-state index in [1.54, 1.807) is 32.7 Å². The number of carbonyl (C=O) groups excluding carboxylic acids is 2. The van der Waals surface area contributed by atoms with Gasteiger partial charge in [0.25, 0.3) is 5.91 Å². The summed E-state index contributed by atoms with van der Waals surface area (Å²) in [5, 5.41) is 0. The molecule has 31 heavy (non-hydrogen) atoms. The molecule has 1 aliphatic carbocycles. The summed E-state index contributed by atoms with van der Waals surface area (Å²) in [5.74, 6) is 0.367. The van der Waals surface area contributed by atoms with E-state index in [0.29, 0.717) is 12.1 Å². The molecular formula is C25H26N4O2. The van der Waals surface area contributed by atoms with Crippen molar-refractivity contribution in [2.45, 2.75) is 38.5 Å². The van der Waals surface area contributed by atoms with Crippen LogP contribution in [0.3, 0.4) is 0 Å². The minimum atomic E-state index is -0.585. The Hall–Kier alpha value is -3.41. The molecule has 6 heteroatoms. The zero-order valence-corrected chi connectivity index (χ0v) is 18.5. The van der Waals surface area contributed by atoms with E-state index in [4.69, 9.17) is 0 Å². The second-order valence-electron chi connectivity index (χ2n) is 8.76. The number of aromatic nitrogens is 2. The lowest BCUT2D eigenvalue weighted by Crippen LogP contribution is -2.26. The maximum atomic E-state index is 13.5. The van der Waals surface area contributed by atoms with Gasteiger partial charge in [-0.3, -0.25) is 14.6 Å². The van der Waals surface area contributed by atoms with E-state index in [1.807, 2.05) is 45.1 Å². The molecule has 1 aromatic carbocycles. The van der Waals surface area contributed by atoms with Crippen molar-refractivity contribution in [3.8, 4) is 11.1 Å². The maximum Gasteiger partial charge on any atom is 0.271 e. The van der Waals surface area contributed by atoms with Crippen molar-refractivity contribution in [1.82, 2.24) is 14.9 Å². The maximum absolute atomic E-state index is 13.5. The lowest BCUT2D eigenvalue weighted by molar-refractivity contribution is -0.124. The van der Waals surface area contributed by atoms with Crippen molar-refractivity contribution in [3.05, 3.63) is 71.0 Å². The molecule has 2 aliphatic rings. The first-order chi connectivity index (χ1) is 14.7. The average Bonchev–Trinajstić information content (AvgIpc) is 2.89. The normalized spacial score (nSPS) is 19.4. The van der Waals surface area contributed by atoms with Crippen LogP contribution in [0.15, 0.2) is 59.0 Å². The molecule has 0 N–H and O–H groups in total. The summed E-state index contributed by atoms with van der Waals surface area (Å²) < 4.78 is 0. The second-order valence-corrected chi connectivity index (χ2v) is 8.76. The van der Waals surface area contributed by atoms with Gasteiger partial charge in [-0.1, -0.05) is 12.1 Å². The number of nitrogens with zero attached hydrogens (tertiary/aromatic N) is 4. The SMILES string of the molecule is Cc1ncc(-c2ccc3c(c2)C(C2=CC=NC(C(=O)N(C)C)=CC2)C(=O)C3(C)C)cn1. The molecule has 2 heterocycles. The zero-order valence-electron chi connectivity index (χ0n) is 18.5. The first-order valence-electron chi connectivity index (χ1n) is 10.3. The highest BCUT2D eigenvalue weighted by atomic mass is 16.2. The van der Waals surface area contributed by atoms with Gasteiger partial charge in [0, 0.05) is 43.7 Å². The van der Waals surface area contributed by atoms with Gasteiger partial charge in [-0.25, -0.2) is 9.97 Å². The number of ketones is 1.